The molecule has 2 aromatic rings. The Morgan fingerprint density at radius 1 is 1.31 bits per heavy atom. The number of aryl methyl sites for hydroxylation is 1. The molecule has 0 aliphatic rings. The van der Waals surface area contributed by atoms with E-state index in [-0.39, 0.29) is 5.91 Å². The van der Waals surface area contributed by atoms with Crippen LogP contribution in [0.1, 0.15) is 12.0 Å². The van der Waals surface area contributed by atoms with Crippen LogP contribution in [0.4, 0.5) is 5.69 Å². The Labute approximate surface area is 93.7 Å². The van der Waals surface area contributed by atoms with Gasteiger partial charge < -0.3 is 5.32 Å². The molecule has 2 rings (SSSR count). The molecule has 4 heteroatoms. The second kappa shape index (κ2) is 5.11. The number of nitrogens with one attached hydrogen (secondary N) is 2. The molecule has 0 spiro atoms. The number of aromatic nitrogens is 2. The largest absolute Gasteiger partial charge is 0.323 e. The Hall–Kier alpha value is -2.10. The average molecular weight is 215 g/mol. The Balaban J connectivity index is 1.80. The number of anilines is 1. The molecule has 0 unspecified atom stereocenters. The van der Waals surface area contributed by atoms with Crippen molar-refractivity contribution in [1.82, 2.24) is 10.2 Å². The zero-order valence-electron chi connectivity index (χ0n) is 8.81. The second-order valence-corrected chi connectivity index (χ2v) is 3.52. The summed E-state index contributed by atoms with van der Waals surface area (Å²) in [4.78, 5) is 11.5. The zero-order valence-corrected chi connectivity index (χ0v) is 8.81. The average Bonchev–Trinajstić information content (AvgIpc) is 2.81. The van der Waals surface area contributed by atoms with Gasteiger partial charge in [0, 0.05) is 12.6 Å². The molecule has 0 saturated carbocycles. The number of amides is 1. The van der Waals surface area contributed by atoms with Gasteiger partial charge in [-0.3, -0.25) is 9.89 Å². The molecular formula is C12H13N3O. The van der Waals surface area contributed by atoms with Crippen LogP contribution in [0.25, 0.3) is 0 Å². The molecular weight excluding hydrogens is 202 g/mol. The first-order valence-corrected chi connectivity index (χ1v) is 5.17. The minimum atomic E-state index is 0.00486. The van der Waals surface area contributed by atoms with Gasteiger partial charge in [-0.25, -0.2) is 0 Å². The molecule has 1 aromatic heterocycles. The standard InChI is InChI=1S/C12H13N3O/c16-12(15-11-8-13-14-9-11)7-6-10-4-2-1-3-5-10/h1-5,8-9H,6-7H2,(H,13,14)(H,15,16). The normalized spacial score (nSPS) is 10.0. The van der Waals surface area contributed by atoms with Crippen molar-refractivity contribution >= 4 is 11.6 Å². The monoisotopic (exact) mass is 215 g/mol. The number of hydrogen-bond donors (Lipinski definition) is 2. The summed E-state index contributed by atoms with van der Waals surface area (Å²) in [7, 11) is 0. The lowest BCUT2D eigenvalue weighted by molar-refractivity contribution is -0.116. The quantitative estimate of drug-likeness (QED) is 0.819. The molecule has 2 N–H and O–H groups in total. The molecule has 1 heterocycles. The predicted octanol–water partition coefficient (Wildman–Crippen LogP) is 1.98. The van der Waals surface area contributed by atoms with E-state index in [2.05, 4.69) is 15.5 Å². The van der Waals surface area contributed by atoms with Gasteiger partial charge in [-0.2, -0.15) is 5.10 Å². The lowest BCUT2D eigenvalue weighted by atomic mass is 10.1. The third-order valence-electron chi connectivity index (χ3n) is 2.27. The first-order chi connectivity index (χ1) is 7.84. The summed E-state index contributed by atoms with van der Waals surface area (Å²) >= 11 is 0. The number of benzene rings is 1. The summed E-state index contributed by atoms with van der Waals surface area (Å²) in [6.45, 7) is 0. The number of carbonyl (C=O) groups excluding carboxylic acids is 1. The Morgan fingerprint density at radius 2 is 2.12 bits per heavy atom. The maximum atomic E-state index is 11.5. The highest BCUT2D eigenvalue weighted by atomic mass is 16.1. The van der Waals surface area contributed by atoms with Gasteiger partial charge in [0.25, 0.3) is 0 Å². The van der Waals surface area contributed by atoms with Gasteiger partial charge in [0.05, 0.1) is 11.9 Å². The van der Waals surface area contributed by atoms with Crippen molar-refractivity contribution in [3.8, 4) is 0 Å². The van der Waals surface area contributed by atoms with Crippen molar-refractivity contribution < 1.29 is 4.79 Å². The van der Waals surface area contributed by atoms with E-state index in [0.717, 1.165) is 6.42 Å². The van der Waals surface area contributed by atoms with E-state index in [1.807, 2.05) is 30.3 Å². The van der Waals surface area contributed by atoms with Crippen LogP contribution in [0.15, 0.2) is 42.7 Å². The molecule has 0 fully saturated rings. The highest BCUT2D eigenvalue weighted by Gasteiger charge is 2.03. The van der Waals surface area contributed by atoms with E-state index in [9.17, 15) is 4.79 Å². The maximum Gasteiger partial charge on any atom is 0.224 e. The summed E-state index contributed by atoms with van der Waals surface area (Å²) in [5.41, 5.74) is 1.88. The highest BCUT2D eigenvalue weighted by Crippen LogP contribution is 2.05. The van der Waals surface area contributed by atoms with Crippen LogP contribution in [-0.4, -0.2) is 16.1 Å². The van der Waals surface area contributed by atoms with Crippen LogP contribution in [0.5, 0.6) is 0 Å². The zero-order chi connectivity index (χ0) is 11.2. The summed E-state index contributed by atoms with van der Waals surface area (Å²) < 4.78 is 0. The first kappa shape index (κ1) is 10.4. The lowest BCUT2D eigenvalue weighted by Gasteiger charge is -2.02. The molecule has 0 aliphatic carbocycles. The SMILES string of the molecule is O=C(CCc1ccccc1)Nc1cn[nH]c1. The molecule has 4 nitrogen and oxygen atoms in total. The Bertz CT molecular complexity index is 437. The number of nitrogens with zero attached hydrogens (tertiary/aromatic N) is 1. The summed E-state index contributed by atoms with van der Waals surface area (Å²) in [6.07, 6.45) is 4.47. The van der Waals surface area contributed by atoms with Crippen molar-refractivity contribution in [3.63, 3.8) is 0 Å². The molecule has 0 radical (unpaired) electrons. The van der Waals surface area contributed by atoms with Crippen LogP contribution >= 0.6 is 0 Å². The van der Waals surface area contributed by atoms with Gasteiger partial charge in [-0.1, -0.05) is 30.3 Å². The van der Waals surface area contributed by atoms with Gasteiger partial charge in [-0.05, 0) is 12.0 Å². The smallest absolute Gasteiger partial charge is 0.224 e. The highest BCUT2D eigenvalue weighted by molar-refractivity contribution is 5.90. The first-order valence-electron chi connectivity index (χ1n) is 5.17. The summed E-state index contributed by atoms with van der Waals surface area (Å²) in [5, 5.41) is 9.16. The van der Waals surface area contributed by atoms with Crippen LogP contribution in [0.3, 0.4) is 0 Å². The molecule has 1 amide bonds. The molecule has 16 heavy (non-hydrogen) atoms. The van der Waals surface area contributed by atoms with E-state index in [1.165, 1.54) is 5.56 Å². The van der Waals surface area contributed by atoms with E-state index < -0.39 is 0 Å². The second-order valence-electron chi connectivity index (χ2n) is 3.52. The molecule has 0 saturated heterocycles. The van der Waals surface area contributed by atoms with Crippen molar-refractivity contribution in [3.05, 3.63) is 48.3 Å². The molecule has 0 atom stereocenters. The molecule has 0 bridgehead atoms. The van der Waals surface area contributed by atoms with Crippen molar-refractivity contribution in [2.45, 2.75) is 12.8 Å². The number of aromatic amines is 1. The van der Waals surface area contributed by atoms with Crippen LogP contribution in [0.2, 0.25) is 0 Å². The fourth-order valence-corrected chi connectivity index (χ4v) is 1.45. The topological polar surface area (TPSA) is 57.8 Å². The third kappa shape index (κ3) is 2.95. The van der Waals surface area contributed by atoms with E-state index in [0.29, 0.717) is 12.1 Å². The maximum absolute atomic E-state index is 11.5. The third-order valence-corrected chi connectivity index (χ3v) is 2.27. The van der Waals surface area contributed by atoms with E-state index in [4.69, 9.17) is 0 Å². The lowest BCUT2D eigenvalue weighted by Crippen LogP contribution is -2.11. The van der Waals surface area contributed by atoms with Gasteiger partial charge in [0.2, 0.25) is 5.91 Å². The number of rotatable bonds is 4. The number of H-pyrrole nitrogens is 1. The van der Waals surface area contributed by atoms with Gasteiger partial charge in [-0.15, -0.1) is 0 Å². The minimum absolute atomic E-state index is 0.00486. The Kier molecular flexibility index (Phi) is 3.33. The van der Waals surface area contributed by atoms with Crippen LogP contribution in [-0.2, 0) is 11.2 Å². The van der Waals surface area contributed by atoms with E-state index >= 15 is 0 Å². The molecule has 82 valence electrons. The molecule has 0 aliphatic heterocycles. The number of carbonyl (C=O) groups is 1. The molecule has 1 aromatic carbocycles. The van der Waals surface area contributed by atoms with Crippen molar-refractivity contribution in [2.75, 3.05) is 5.32 Å². The fourth-order valence-electron chi connectivity index (χ4n) is 1.45. The van der Waals surface area contributed by atoms with Crippen LogP contribution in [0, 0.1) is 0 Å². The van der Waals surface area contributed by atoms with Gasteiger partial charge in [0.15, 0.2) is 0 Å². The summed E-state index contributed by atoms with van der Waals surface area (Å²) in [6, 6.07) is 9.96. The van der Waals surface area contributed by atoms with Gasteiger partial charge in [0.1, 0.15) is 0 Å². The van der Waals surface area contributed by atoms with Gasteiger partial charge >= 0.3 is 0 Å². The number of hydrogen-bond acceptors (Lipinski definition) is 2. The minimum Gasteiger partial charge on any atom is -0.323 e. The fraction of sp³-hybridized carbons (Fsp3) is 0.167. The Morgan fingerprint density at radius 3 is 2.81 bits per heavy atom. The van der Waals surface area contributed by atoms with Crippen LogP contribution < -0.4 is 5.32 Å². The van der Waals surface area contributed by atoms with Crippen molar-refractivity contribution in [2.24, 2.45) is 0 Å². The summed E-state index contributed by atoms with van der Waals surface area (Å²) in [5.74, 6) is 0.00486. The predicted molar refractivity (Wildman–Crippen MR) is 62.0 cm³/mol. The van der Waals surface area contributed by atoms with E-state index in [1.54, 1.807) is 12.4 Å². The van der Waals surface area contributed by atoms with Crippen molar-refractivity contribution in [1.29, 1.82) is 0 Å².